The van der Waals surface area contributed by atoms with Gasteiger partial charge in [0.15, 0.2) is 11.5 Å². The second kappa shape index (κ2) is 6.48. The molecule has 0 saturated heterocycles. The Morgan fingerprint density at radius 1 is 1.37 bits per heavy atom. The zero-order valence-corrected chi connectivity index (χ0v) is 10.3. The Morgan fingerprint density at radius 3 is 2.58 bits per heavy atom. The third kappa shape index (κ3) is 4.06. The SMILES string of the molecule is CCOc1ccc(C(=O)CCC(=O)O)cc1[N+](=O)[O-]. The van der Waals surface area contributed by atoms with E-state index in [-0.39, 0.29) is 36.4 Å². The van der Waals surface area contributed by atoms with Crippen molar-refractivity contribution in [2.24, 2.45) is 0 Å². The van der Waals surface area contributed by atoms with Gasteiger partial charge >= 0.3 is 11.7 Å². The molecule has 0 atom stereocenters. The molecule has 0 saturated carbocycles. The average Bonchev–Trinajstić information content (AvgIpc) is 2.36. The molecule has 0 radical (unpaired) electrons. The molecule has 102 valence electrons. The van der Waals surface area contributed by atoms with Gasteiger partial charge in [0.2, 0.25) is 0 Å². The van der Waals surface area contributed by atoms with Crippen molar-refractivity contribution in [2.75, 3.05) is 6.61 Å². The highest BCUT2D eigenvalue weighted by Gasteiger charge is 2.18. The lowest BCUT2D eigenvalue weighted by molar-refractivity contribution is -0.385. The van der Waals surface area contributed by atoms with Gasteiger partial charge in [-0.1, -0.05) is 0 Å². The van der Waals surface area contributed by atoms with Crippen LogP contribution in [-0.4, -0.2) is 28.4 Å². The number of benzene rings is 1. The summed E-state index contributed by atoms with van der Waals surface area (Å²) in [5.41, 5.74) is -0.195. The second-order valence-corrected chi connectivity index (χ2v) is 3.69. The lowest BCUT2D eigenvalue weighted by Gasteiger charge is -2.05. The number of carbonyl (C=O) groups is 2. The van der Waals surface area contributed by atoms with Gasteiger partial charge in [-0.2, -0.15) is 0 Å². The van der Waals surface area contributed by atoms with Crippen molar-refractivity contribution in [1.29, 1.82) is 0 Å². The first-order valence-electron chi connectivity index (χ1n) is 5.62. The predicted molar refractivity (Wildman–Crippen MR) is 65.5 cm³/mol. The van der Waals surface area contributed by atoms with E-state index in [9.17, 15) is 19.7 Å². The Balaban J connectivity index is 2.97. The fraction of sp³-hybridized carbons (Fsp3) is 0.333. The van der Waals surface area contributed by atoms with E-state index in [1.54, 1.807) is 6.92 Å². The summed E-state index contributed by atoms with van der Waals surface area (Å²) in [6.07, 6.45) is -0.500. The minimum absolute atomic E-state index is 0.0854. The van der Waals surface area contributed by atoms with Gasteiger partial charge in [-0.25, -0.2) is 0 Å². The van der Waals surface area contributed by atoms with Gasteiger partial charge in [0.05, 0.1) is 18.0 Å². The number of carboxylic acids is 1. The lowest BCUT2D eigenvalue weighted by Crippen LogP contribution is -2.05. The number of hydrogen-bond acceptors (Lipinski definition) is 5. The molecular weight excluding hydrogens is 254 g/mol. The number of nitro groups is 1. The van der Waals surface area contributed by atoms with Crippen LogP contribution in [0, 0.1) is 10.1 Å². The molecule has 1 aromatic carbocycles. The molecule has 19 heavy (non-hydrogen) atoms. The van der Waals surface area contributed by atoms with Crippen molar-refractivity contribution in [1.82, 2.24) is 0 Å². The maximum atomic E-state index is 11.7. The topological polar surface area (TPSA) is 107 Å². The lowest BCUT2D eigenvalue weighted by atomic mass is 10.1. The van der Waals surface area contributed by atoms with E-state index in [1.807, 2.05) is 0 Å². The summed E-state index contributed by atoms with van der Waals surface area (Å²) in [5, 5.41) is 19.3. The van der Waals surface area contributed by atoms with Gasteiger partial charge in [0.1, 0.15) is 0 Å². The number of nitro benzene ring substituents is 1. The number of Topliss-reactive ketones (excluding diaryl/α,β-unsaturated/α-hetero) is 1. The van der Waals surface area contributed by atoms with Crippen LogP contribution in [0.4, 0.5) is 5.69 Å². The summed E-state index contributed by atoms with van der Waals surface area (Å²) in [5.74, 6) is -1.45. The van der Waals surface area contributed by atoms with Crippen LogP contribution in [-0.2, 0) is 4.79 Å². The molecule has 1 N–H and O–H groups in total. The molecule has 0 aliphatic heterocycles. The molecule has 0 spiro atoms. The minimum atomic E-state index is -1.09. The number of rotatable bonds is 7. The second-order valence-electron chi connectivity index (χ2n) is 3.69. The Kier molecular flexibility index (Phi) is 4.99. The Bertz CT molecular complexity index is 511. The van der Waals surface area contributed by atoms with Crippen LogP contribution in [0.25, 0.3) is 0 Å². The molecule has 0 unspecified atom stereocenters. The molecule has 0 bridgehead atoms. The van der Waals surface area contributed by atoms with E-state index in [4.69, 9.17) is 9.84 Å². The fourth-order valence-electron chi connectivity index (χ4n) is 1.48. The van der Waals surface area contributed by atoms with Crippen LogP contribution in [0.5, 0.6) is 5.75 Å². The van der Waals surface area contributed by atoms with Gasteiger partial charge in [-0.3, -0.25) is 19.7 Å². The zero-order valence-electron chi connectivity index (χ0n) is 10.3. The van der Waals surface area contributed by atoms with Gasteiger partial charge in [-0.15, -0.1) is 0 Å². The number of nitrogens with zero attached hydrogens (tertiary/aromatic N) is 1. The highest BCUT2D eigenvalue weighted by molar-refractivity contribution is 5.98. The van der Waals surface area contributed by atoms with Crippen molar-refractivity contribution in [3.8, 4) is 5.75 Å². The van der Waals surface area contributed by atoms with E-state index in [2.05, 4.69) is 0 Å². The van der Waals surface area contributed by atoms with Crippen molar-refractivity contribution in [2.45, 2.75) is 19.8 Å². The normalized spacial score (nSPS) is 9.95. The summed E-state index contributed by atoms with van der Waals surface area (Å²) in [4.78, 5) is 32.3. The van der Waals surface area contributed by atoms with Crippen LogP contribution in [0.3, 0.4) is 0 Å². The number of aliphatic carboxylic acids is 1. The van der Waals surface area contributed by atoms with E-state index in [0.717, 1.165) is 6.07 Å². The Labute approximate surface area is 109 Å². The molecule has 0 heterocycles. The minimum Gasteiger partial charge on any atom is -0.487 e. The largest absolute Gasteiger partial charge is 0.487 e. The van der Waals surface area contributed by atoms with Crippen molar-refractivity contribution in [3.05, 3.63) is 33.9 Å². The quantitative estimate of drug-likeness (QED) is 0.460. The molecule has 0 aliphatic carbocycles. The van der Waals surface area contributed by atoms with Crippen LogP contribution in [0.15, 0.2) is 18.2 Å². The standard InChI is InChI=1S/C12H13NO6/c1-2-19-11-5-3-8(7-9(11)13(17)18)10(14)4-6-12(15)16/h3,5,7H,2,4,6H2,1H3,(H,15,16). The van der Waals surface area contributed by atoms with E-state index >= 15 is 0 Å². The third-order valence-corrected chi connectivity index (χ3v) is 2.34. The Morgan fingerprint density at radius 2 is 2.05 bits per heavy atom. The first-order chi connectivity index (χ1) is 8.95. The molecule has 7 heteroatoms. The van der Waals surface area contributed by atoms with Crippen LogP contribution < -0.4 is 4.74 Å². The van der Waals surface area contributed by atoms with E-state index in [1.165, 1.54) is 12.1 Å². The molecule has 1 rings (SSSR count). The number of carboxylic acid groups (broad SMARTS) is 1. The van der Waals surface area contributed by atoms with E-state index in [0.29, 0.717) is 0 Å². The van der Waals surface area contributed by atoms with Gasteiger partial charge in [-0.05, 0) is 19.1 Å². The maximum Gasteiger partial charge on any atom is 0.311 e. The van der Waals surface area contributed by atoms with Crippen molar-refractivity contribution >= 4 is 17.4 Å². The van der Waals surface area contributed by atoms with Crippen molar-refractivity contribution in [3.63, 3.8) is 0 Å². The molecule has 0 amide bonds. The third-order valence-electron chi connectivity index (χ3n) is 2.34. The molecule has 0 aromatic heterocycles. The predicted octanol–water partition coefficient (Wildman–Crippen LogP) is 2.04. The summed E-state index contributed by atoms with van der Waals surface area (Å²) in [7, 11) is 0. The summed E-state index contributed by atoms with van der Waals surface area (Å²) >= 11 is 0. The molecule has 1 aromatic rings. The average molecular weight is 267 g/mol. The van der Waals surface area contributed by atoms with Crippen LogP contribution in [0.1, 0.15) is 30.1 Å². The van der Waals surface area contributed by atoms with Crippen molar-refractivity contribution < 1.29 is 24.4 Å². The molecule has 7 nitrogen and oxygen atoms in total. The number of hydrogen-bond donors (Lipinski definition) is 1. The molecular formula is C12H13NO6. The number of ketones is 1. The van der Waals surface area contributed by atoms with Crippen LogP contribution in [0.2, 0.25) is 0 Å². The van der Waals surface area contributed by atoms with Gasteiger partial charge < -0.3 is 9.84 Å². The number of ether oxygens (including phenoxy) is 1. The first-order valence-corrected chi connectivity index (χ1v) is 5.62. The monoisotopic (exact) mass is 267 g/mol. The fourth-order valence-corrected chi connectivity index (χ4v) is 1.48. The smallest absolute Gasteiger partial charge is 0.311 e. The highest BCUT2D eigenvalue weighted by Crippen LogP contribution is 2.28. The number of carbonyl (C=O) groups excluding carboxylic acids is 1. The van der Waals surface area contributed by atoms with Crippen LogP contribution >= 0.6 is 0 Å². The molecule has 0 fully saturated rings. The molecule has 0 aliphatic rings. The van der Waals surface area contributed by atoms with Gasteiger partial charge in [0.25, 0.3) is 0 Å². The summed E-state index contributed by atoms with van der Waals surface area (Å²) in [6.45, 7) is 1.96. The zero-order chi connectivity index (χ0) is 14.4. The van der Waals surface area contributed by atoms with Gasteiger partial charge in [0, 0.05) is 18.1 Å². The first kappa shape index (κ1) is 14.6. The maximum absolute atomic E-state index is 11.7. The highest BCUT2D eigenvalue weighted by atomic mass is 16.6. The summed E-state index contributed by atoms with van der Waals surface area (Å²) in [6, 6.07) is 3.84. The Hall–Kier alpha value is -2.44. The van der Waals surface area contributed by atoms with E-state index < -0.39 is 16.7 Å². The summed E-state index contributed by atoms with van der Waals surface area (Å²) < 4.78 is 5.08.